The van der Waals surface area contributed by atoms with Crippen molar-refractivity contribution in [3.8, 4) is 17.4 Å². The van der Waals surface area contributed by atoms with E-state index in [1.165, 1.54) is 0 Å². The van der Waals surface area contributed by atoms with Crippen LogP contribution in [0, 0.1) is 0 Å². The number of halogens is 1. The van der Waals surface area contributed by atoms with Gasteiger partial charge in [-0.3, -0.25) is 0 Å². The van der Waals surface area contributed by atoms with E-state index in [4.69, 9.17) is 18.9 Å². The first-order valence-electron chi connectivity index (χ1n) is 9.80. The second kappa shape index (κ2) is 13.1. The lowest BCUT2D eigenvalue weighted by Gasteiger charge is -2.14. The largest absolute Gasteiger partial charge is 0.490 e. The van der Waals surface area contributed by atoms with E-state index in [9.17, 15) is 0 Å². The smallest absolute Gasteiger partial charge is 0.218 e. The fraction of sp³-hybridized carbons (Fsp3) is 0.429. The highest BCUT2D eigenvalue weighted by atomic mass is 127. The number of nitrogens with one attached hydrogen (secondary N) is 2. The first-order valence-corrected chi connectivity index (χ1v) is 9.80. The van der Waals surface area contributed by atoms with E-state index >= 15 is 0 Å². The van der Waals surface area contributed by atoms with E-state index in [-0.39, 0.29) is 24.0 Å². The van der Waals surface area contributed by atoms with Gasteiger partial charge in [0.2, 0.25) is 5.88 Å². The second-order valence-electron chi connectivity index (χ2n) is 6.34. The first-order chi connectivity index (χ1) is 14.3. The van der Waals surface area contributed by atoms with Gasteiger partial charge in [0.05, 0.1) is 26.4 Å². The van der Waals surface area contributed by atoms with Crippen molar-refractivity contribution >= 4 is 35.6 Å². The molecule has 1 aromatic carbocycles. The number of benzene rings is 1. The van der Waals surface area contributed by atoms with E-state index in [1.54, 1.807) is 13.3 Å². The van der Waals surface area contributed by atoms with E-state index in [0.29, 0.717) is 44.8 Å². The molecule has 0 saturated carbocycles. The fourth-order valence-corrected chi connectivity index (χ4v) is 2.75. The molecule has 0 atom stereocenters. The van der Waals surface area contributed by atoms with Gasteiger partial charge >= 0.3 is 0 Å². The summed E-state index contributed by atoms with van der Waals surface area (Å²) in [6.07, 6.45) is 2.58. The fourth-order valence-electron chi connectivity index (χ4n) is 2.75. The van der Waals surface area contributed by atoms with Gasteiger partial charge in [0, 0.05) is 43.6 Å². The molecule has 0 saturated heterocycles. The molecule has 0 fully saturated rings. The van der Waals surface area contributed by atoms with Crippen molar-refractivity contribution < 1.29 is 18.9 Å². The van der Waals surface area contributed by atoms with Crippen LogP contribution in [0.4, 0.5) is 5.69 Å². The van der Waals surface area contributed by atoms with Gasteiger partial charge in [-0.2, -0.15) is 0 Å². The number of ether oxygens (including phenoxy) is 4. The van der Waals surface area contributed by atoms with Crippen LogP contribution in [0.1, 0.15) is 18.9 Å². The minimum atomic E-state index is 0. The maximum Gasteiger partial charge on any atom is 0.218 e. The van der Waals surface area contributed by atoms with Crippen LogP contribution >= 0.6 is 24.0 Å². The summed E-state index contributed by atoms with van der Waals surface area (Å²) in [5.41, 5.74) is 1.77. The van der Waals surface area contributed by atoms with E-state index < -0.39 is 0 Å². The van der Waals surface area contributed by atoms with Crippen LogP contribution in [0.3, 0.4) is 0 Å². The van der Waals surface area contributed by atoms with Gasteiger partial charge in [-0.25, -0.2) is 9.98 Å². The highest BCUT2D eigenvalue weighted by Gasteiger charge is 2.11. The number of guanidine groups is 1. The van der Waals surface area contributed by atoms with Crippen molar-refractivity contribution in [3.63, 3.8) is 0 Å². The first kappa shape index (κ1) is 24.0. The number of pyridine rings is 1. The molecule has 2 aromatic rings. The second-order valence-corrected chi connectivity index (χ2v) is 6.34. The predicted molar refractivity (Wildman–Crippen MR) is 128 cm³/mol. The number of rotatable bonds is 8. The van der Waals surface area contributed by atoms with Crippen molar-refractivity contribution in [2.45, 2.75) is 19.9 Å². The molecule has 0 unspecified atom stereocenters. The minimum Gasteiger partial charge on any atom is -0.490 e. The van der Waals surface area contributed by atoms with Crippen LogP contribution in [0.25, 0.3) is 0 Å². The molecule has 30 heavy (non-hydrogen) atoms. The zero-order chi connectivity index (χ0) is 20.3. The lowest BCUT2D eigenvalue weighted by Crippen LogP contribution is -2.30. The molecule has 8 nitrogen and oxygen atoms in total. The summed E-state index contributed by atoms with van der Waals surface area (Å²) in [7, 11) is 1.64. The highest BCUT2D eigenvalue weighted by molar-refractivity contribution is 14.0. The number of nitrogens with zero attached hydrogens (tertiary/aromatic N) is 2. The van der Waals surface area contributed by atoms with Crippen molar-refractivity contribution in [2.75, 3.05) is 45.4 Å². The maximum atomic E-state index is 5.76. The van der Waals surface area contributed by atoms with Crippen molar-refractivity contribution in [2.24, 2.45) is 4.99 Å². The van der Waals surface area contributed by atoms with E-state index in [2.05, 4.69) is 20.6 Å². The Morgan fingerprint density at radius 3 is 2.80 bits per heavy atom. The normalized spacial score (nSPS) is 13.1. The Morgan fingerprint density at radius 1 is 1.17 bits per heavy atom. The quantitative estimate of drug-likeness (QED) is 0.235. The molecular formula is C21H29IN4O4. The Bertz CT molecular complexity index is 819. The summed E-state index contributed by atoms with van der Waals surface area (Å²) in [5, 5.41) is 6.57. The number of aliphatic imine (C=N–C) groups is 1. The molecule has 0 radical (unpaired) electrons. The summed E-state index contributed by atoms with van der Waals surface area (Å²) in [5.74, 6) is 2.74. The van der Waals surface area contributed by atoms with Crippen LogP contribution in [-0.4, -0.2) is 51.0 Å². The summed E-state index contributed by atoms with van der Waals surface area (Å²) in [6, 6.07) is 9.62. The Kier molecular flexibility index (Phi) is 10.5. The minimum absolute atomic E-state index is 0. The van der Waals surface area contributed by atoms with E-state index in [1.807, 2.05) is 37.3 Å². The number of aromatic nitrogens is 1. The molecule has 1 aromatic heterocycles. The van der Waals surface area contributed by atoms with Gasteiger partial charge < -0.3 is 29.6 Å². The molecule has 0 aliphatic carbocycles. The van der Waals surface area contributed by atoms with Crippen LogP contribution in [-0.2, 0) is 11.3 Å². The Labute approximate surface area is 194 Å². The number of methoxy groups -OCH3 is 1. The average molecular weight is 528 g/mol. The number of fused-ring (bicyclic) bond motifs is 1. The van der Waals surface area contributed by atoms with Crippen LogP contribution in [0.2, 0.25) is 0 Å². The predicted octanol–water partition coefficient (Wildman–Crippen LogP) is 3.46. The Balaban J connectivity index is 0.00000320. The summed E-state index contributed by atoms with van der Waals surface area (Å²) in [4.78, 5) is 8.97. The standard InChI is InChI=1S/C21H28N4O4.HI/c1-3-22-21(24-15-16-6-4-9-23-20(16)29-13-12-26-2)25-17-7-8-18-19(14-17)28-11-5-10-27-18;/h4,6-9,14H,3,5,10-13,15H2,1-2H3,(H2,22,24,25);1H. The van der Waals surface area contributed by atoms with Crippen LogP contribution < -0.4 is 24.8 Å². The van der Waals surface area contributed by atoms with Gasteiger partial charge in [-0.15, -0.1) is 24.0 Å². The monoisotopic (exact) mass is 528 g/mol. The lowest BCUT2D eigenvalue weighted by molar-refractivity contribution is 0.143. The van der Waals surface area contributed by atoms with E-state index in [0.717, 1.165) is 35.7 Å². The molecule has 1 aliphatic heterocycles. The van der Waals surface area contributed by atoms with Crippen molar-refractivity contribution in [1.82, 2.24) is 10.3 Å². The zero-order valence-corrected chi connectivity index (χ0v) is 19.7. The molecule has 1 aliphatic rings. The molecule has 9 heteroatoms. The summed E-state index contributed by atoms with van der Waals surface area (Å²) >= 11 is 0. The third kappa shape index (κ3) is 7.21. The van der Waals surface area contributed by atoms with Crippen LogP contribution in [0.15, 0.2) is 41.5 Å². The van der Waals surface area contributed by atoms with Crippen molar-refractivity contribution in [3.05, 3.63) is 42.1 Å². The Hall–Kier alpha value is -2.27. The third-order valence-electron chi connectivity index (χ3n) is 4.14. The molecule has 3 rings (SSSR count). The van der Waals surface area contributed by atoms with Gasteiger partial charge in [-0.05, 0) is 25.1 Å². The number of hydrogen-bond acceptors (Lipinski definition) is 6. The molecule has 2 N–H and O–H groups in total. The maximum absolute atomic E-state index is 5.76. The summed E-state index contributed by atoms with van der Waals surface area (Å²) < 4.78 is 22.2. The molecule has 164 valence electrons. The van der Waals surface area contributed by atoms with Gasteiger partial charge in [-0.1, -0.05) is 6.07 Å². The van der Waals surface area contributed by atoms with Gasteiger partial charge in [0.1, 0.15) is 6.61 Å². The third-order valence-corrected chi connectivity index (χ3v) is 4.14. The SMILES string of the molecule is CCNC(=NCc1cccnc1OCCOC)Nc1ccc2c(c1)OCCCO2.I. The molecular weight excluding hydrogens is 499 g/mol. The number of hydrogen-bond donors (Lipinski definition) is 2. The molecule has 0 spiro atoms. The van der Waals surface area contributed by atoms with Crippen molar-refractivity contribution in [1.29, 1.82) is 0 Å². The topological polar surface area (TPSA) is 86.2 Å². The average Bonchev–Trinajstić information content (AvgIpc) is 2.98. The molecule has 0 amide bonds. The lowest BCUT2D eigenvalue weighted by atomic mass is 10.2. The molecule has 2 heterocycles. The van der Waals surface area contributed by atoms with Crippen LogP contribution in [0.5, 0.6) is 17.4 Å². The highest BCUT2D eigenvalue weighted by Crippen LogP contribution is 2.32. The van der Waals surface area contributed by atoms with Gasteiger partial charge in [0.15, 0.2) is 17.5 Å². The zero-order valence-electron chi connectivity index (χ0n) is 17.3. The summed E-state index contributed by atoms with van der Waals surface area (Å²) in [6.45, 7) is 5.46. The molecule has 0 bridgehead atoms. The number of anilines is 1. The Morgan fingerprint density at radius 2 is 2.00 bits per heavy atom. The van der Waals surface area contributed by atoms with Gasteiger partial charge in [0.25, 0.3) is 0 Å².